The average Bonchev–Trinajstić information content (AvgIpc) is 3.38. The van der Waals surface area contributed by atoms with Crippen molar-refractivity contribution in [3.05, 3.63) is 82.1 Å². The van der Waals surface area contributed by atoms with E-state index >= 15 is 0 Å². The highest BCUT2D eigenvalue weighted by molar-refractivity contribution is 7.07. The Labute approximate surface area is 161 Å². The summed E-state index contributed by atoms with van der Waals surface area (Å²) in [7, 11) is 0. The molecule has 1 aliphatic heterocycles. The van der Waals surface area contributed by atoms with Crippen molar-refractivity contribution in [1.29, 1.82) is 0 Å². The van der Waals surface area contributed by atoms with E-state index in [9.17, 15) is 9.18 Å². The summed E-state index contributed by atoms with van der Waals surface area (Å²) in [4.78, 5) is 19.1. The molecule has 4 rings (SSSR count). The number of likely N-dealkylation sites (tertiary alicyclic amines) is 1. The molecule has 6 heteroatoms. The number of aromatic nitrogens is 1. The number of amides is 1. The van der Waals surface area contributed by atoms with Gasteiger partial charge in [0.2, 0.25) is 0 Å². The molecule has 138 valence electrons. The number of nitrogens with zero attached hydrogens (tertiary/aromatic N) is 2. The van der Waals surface area contributed by atoms with Crippen LogP contribution in [-0.4, -0.2) is 22.3 Å². The summed E-state index contributed by atoms with van der Waals surface area (Å²) in [6, 6.07) is 13.6. The van der Waals surface area contributed by atoms with Gasteiger partial charge in [-0.1, -0.05) is 18.2 Å². The van der Waals surface area contributed by atoms with Crippen LogP contribution < -0.4 is 4.74 Å². The van der Waals surface area contributed by atoms with Gasteiger partial charge in [0, 0.05) is 17.5 Å². The minimum atomic E-state index is -0.274. The van der Waals surface area contributed by atoms with Crippen LogP contribution in [0.1, 0.15) is 40.5 Å². The van der Waals surface area contributed by atoms with Gasteiger partial charge in [0.05, 0.1) is 17.2 Å². The first-order chi connectivity index (χ1) is 13.2. The van der Waals surface area contributed by atoms with E-state index in [2.05, 4.69) is 4.98 Å². The van der Waals surface area contributed by atoms with Crippen molar-refractivity contribution < 1.29 is 13.9 Å². The van der Waals surface area contributed by atoms with Crippen molar-refractivity contribution in [3.63, 3.8) is 0 Å². The third-order valence-corrected chi connectivity index (χ3v) is 5.33. The lowest BCUT2D eigenvalue weighted by atomic mass is 10.0. The van der Waals surface area contributed by atoms with Crippen LogP contribution in [0.15, 0.2) is 59.4 Å². The molecule has 1 aliphatic rings. The smallest absolute Gasteiger partial charge is 0.254 e. The number of carbonyl (C=O) groups is 1. The van der Waals surface area contributed by atoms with Gasteiger partial charge in [0.15, 0.2) is 0 Å². The van der Waals surface area contributed by atoms with E-state index in [4.69, 9.17) is 4.74 Å². The molecule has 1 unspecified atom stereocenters. The van der Waals surface area contributed by atoms with Crippen molar-refractivity contribution in [3.8, 4) is 5.75 Å². The van der Waals surface area contributed by atoms with E-state index in [1.807, 2.05) is 28.5 Å². The standard InChI is InChI=1S/C21H19FN2O2S/c22-17-6-1-4-15(10-17)20-8-3-9-24(20)21(25)16-5-2-7-19(11-16)26-12-18-13-27-14-23-18/h1-2,4-7,10-11,13-14,20H,3,8-9,12H2. The van der Waals surface area contributed by atoms with E-state index in [0.29, 0.717) is 24.5 Å². The predicted octanol–water partition coefficient (Wildman–Crippen LogP) is 4.84. The summed E-state index contributed by atoms with van der Waals surface area (Å²) in [6.07, 6.45) is 1.75. The zero-order valence-corrected chi connectivity index (χ0v) is 15.5. The molecule has 27 heavy (non-hydrogen) atoms. The topological polar surface area (TPSA) is 42.4 Å². The van der Waals surface area contributed by atoms with Gasteiger partial charge in [0.1, 0.15) is 18.2 Å². The minimum Gasteiger partial charge on any atom is -0.487 e. The molecule has 0 aliphatic carbocycles. The van der Waals surface area contributed by atoms with Crippen molar-refractivity contribution in [2.24, 2.45) is 0 Å². The van der Waals surface area contributed by atoms with Crippen molar-refractivity contribution in [2.45, 2.75) is 25.5 Å². The van der Waals surface area contributed by atoms with Crippen LogP contribution in [0.3, 0.4) is 0 Å². The molecular weight excluding hydrogens is 363 g/mol. The molecule has 0 saturated carbocycles. The fourth-order valence-electron chi connectivity index (χ4n) is 3.42. The maximum absolute atomic E-state index is 13.6. The van der Waals surface area contributed by atoms with E-state index < -0.39 is 0 Å². The molecule has 2 heterocycles. The lowest BCUT2D eigenvalue weighted by Gasteiger charge is -2.25. The molecule has 2 aromatic carbocycles. The minimum absolute atomic E-state index is 0.0548. The number of hydrogen-bond donors (Lipinski definition) is 0. The molecule has 1 amide bonds. The second-order valence-electron chi connectivity index (χ2n) is 6.51. The maximum Gasteiger partial charge on any atom is 0.254 e. The summed E-state index contributed by atoms with van der Waals surface area (Å²) in [5.41, 5.74) is 4.05. The monoisotopic (exact) mass is 382 g/mol. The molecule has 1 atom stereocenters. The molecule has 0 radical (unpaired) electrons. The summed E-state index contributed by atoms with van der Waals surface area (Å²) in [5.74, 6) is 0.306. The van der Waals surface area contributed by atoms with Gasteiger partial charge in [-0.05, 0) is 48.7 Å². The molecule has 4 nitrogen and oxygen atoms in total. The maximum atomic E-state index is 13.6. The van der Waals surface area contributed by atoms with Crippen LogP contribution in [-0.2, 0) is 6.61 Å². The molecule has 0 bridgehead atoms. The van der Waals surface area contributed by atoms with Crippen molar-refractivity contribution in [2.75, 3.05) is 6.54 Å². The Kier molecular flexibility index (Phi) is 5.16. The third kappa shape index (κ3) is 4.01. The molecule has 1 fully saturated rings. The lowest BCUT2D eigenvalue weighted by molar-refractivity contribution is 0.0735. The first-order valence-corrected chi connectivity index (χ1v) is 9.81. The third-order valence-electron chi connectivity index (χ3n) is 4.70. The van der Waals surface area contributed by atoms with Crippen LogP contribution in [0.25, 0.3) is 0 Å². The number of benzene rings is 2. The molecular formula is C21H19FN2O2S. The highest BCUT2D eigenvalue weighted by Crippen LogP contribution is 2.33. The largest absolute Gasteiger partial charge is 0.487 e. The molecule has 1 saturated heterocycles. The van der Waals surface area contributed by atoms with Crippen LogP contribution in [0.2, 0.25) is 0 Å². The van der Waals surface area contributed by atoms with Crippen molar-refractivity contribution >= 4 is 17.2 Å². The number of rotatable bonds is 5. The Morgan fingerprint density at radius 1 is 1.26 bits per heavy atom. The number of hydrogen-bond acceptors (Lipinski definition) is 4. The van der Waals surface area contributed by atoms with Gasteiger partial charge in [0.25, 0.3) is 5.91 Å². The van der Waals surface area contributed by atoms with E-state index in [1.165, 1.54) is 23.5 Å². The van der Waals surface area contributed by atoms with Crippen LogP contribution in [0.5, 0.6) is 5.75 Å². The van der Waals surface area contributed by atoms with Crippen LogP contribution >= 0.6 is 11.3 Å². The van der Waals surface area contributed by atoms with Gasteiger partial charge in [-0.25, -0.2) is 9.37 Å². The predicted molar refractivity (Wildman–Crippen MR) is 102 cm³/mol. The van der Waals surface area contributed by atoms with Crippen LogP contribution in [0, 0.1) is 5.82 Å². The molecule has 3 aromatic rings. The molecule has 0 N–H and O–H groups in total. The van der Waals surface area contributed by atoms with Gasteiger partial charge < -0.3 is 9.64 Å². The zero-order valence-electron chi connectivity index (χ0n) is 14.7. The average molecular weight is 382 g/mol. The Bertz CT molecular complexity index is 929. The van der Waals surface area contributed by atoms with E-state index in [0.717, 1.165) is 24.1 Å². The highest BCUT2D eigenvalue weighted by atomic mass is 32.1. The summed E-state index contributed by atoms with van der Waals surface area (Å²) in [5, 5.41) is 1.93. The number of ether oxygens (including phenoxy) is 1. The fourth-order valence-corrected chi connectivity index (χ4v) is 3.96. The number of thiazole rings is 1. The summed E-state index contributed by atoms with van der Waals surface area (Å²) in [6.45, 7) is 1.04. The van der Waals surface area contributed by atoms with E-state index in [1.54, 1.807) is 23.7 Å². The summed E-state index contributed by atoms with van der Waals surface area (Å²) >= 11 is 1.52. The molecule has 0 spiro atoms. The van der Waals surface area contributed by atoms with Crippen LogP contribution in [0.4, 0.5) is 4.39 Å². The Morgan fingerprint density at radius 2 is 2.15 bits per heavy atom. The van der Waals surface area contributed by atoms with Gasteiger partial charge in [-0.2, -0.15) is 0 Å². The normalized spacial score (nSPS) is 16.5. The first kappa shape index (κ1) is 17.7. The van der Waals surface area contributed by atoms with Gasteiger partial charge >= 0.3 is 0 Å². The molecule has 1 aromatic heterocycles. The Morgan fingerprint density at radius 3 is 2.96 bits per heavy atom. The number of halogens is 1. The zero-order chi connectivity index (χ0) is 18.6. The van der Waals surface area contributed by atoms with Gasteiger partial charge in [-0.15, -0.1) is 11.3 Å². The quantitative estimate of drug-likeness (QED) is 0.634. The van der Waals surface area contributed by atoms with E-state index in [-0.39, 0.29) is 17.8 Å². The summed E-state index contributed by atoms with van der Waals surface area (Å²) < 4.78 is 19.4. The lowest BCUT2D eigenvalue weighted by Crippen LogP contribution is -2.30. The van der Waals surface area contributed by atoms with Crippen molar-refractivity contribution in [1.82, 2.24) is 9.88 Å². The SMILES string of the molecule is O=C(c1cccc(OCc2cscn2)c1)N1CCCC1c1cccc(F)c1. The Balaban J connectivity index is 1.50. The first-order valence-electron chi connectivity index (χ1n) is 8.87. The second kappa shape index (κ2) is 7.88. The second-order valence-corrected chi connectivity index (χ2v) is 7.23. The van der Waals surface area contributed by atoms with Gasteiger partial charge in [-0.3, -0.25) is 4.79 Å². The highest BCUT2D eigenvalue weighted by Gasteiger charge is 2.30. The number of carbonyl (C=O) groups excluding carboxylic acids is 1. The Hall–Kier alpha value is -2.73. The fraction of sp³-hybridized carbons (Fsp3) is 0.238.